The van der Waals surface area contributed by atoms with E-state index < -0.39 is 9.45 Å². The fourth-order valence-electron chi connectivity index (χ4n) is 1.44. The van der Waals surface area contributed by atoms with E-state index in [1.807, 2.05) is 13.8 Å². The Morgan fingerprint density at radius 3 is 2.15 bits per heavy atom. The zero-order chi connectivity index (χ0) is 9.52. The molecule has 1 rings (SSSR count). The molecule has 0 spiro atoms. The first-order valence-corrected chi connectivity index (χ1v) is 6.52. The number of nitrogens with zero attached hydrogens (tertiary/aromatic N) is 1. The Hall–Kier alpha value is 0.0569. The minimum Gasteiger partial charge on any atom is -0.385 e. The molecule has 1 aliphatic rings. The first kappa shape index (κ1) is 11.1. The van der Waals surface area contributed by atoms with Crippen LogP contribution in [0.1, 0.15) is 13.8 Å². The Labute approximate surface area is 82.1 Å². The van der Waals surface area contributed by atoms with Crippen molar-refractivity contribution in [1.82, 2.24) is 9.88 Å². The number of hydrogen-bond acceptors (Lipinski definition) is 4. The van der Waals surface area contributed by atoms with Gasteiger partial charge in [0, 0.05) is 39.4 Å². The smallest absolute Gasteiger partial charge is 0.385 e. The van der Waals surface area contributed by atoms with Crippen LogP contribution in [0.3, 0.4) is 0 Å². The average molecular weight is 204 g/mol. The number of piperazine rings is 1. The molecule has 0 bridgehead atoms. The Kier molecular flexibility index (Phi) is 5.57. The Bertz CT molecular complexity index is 125. The van der Waals surface area contributed by atoms with Gasteiger partial charge in [0.15, 0.2) is 0 Å². The lowest BCUT2D eigenvalue weighted by Crippen LogP contribution is -2.53. The van der Waals surface area contributed by atoms with E-state index in [1.54, 1.807) is 0 Å². The molecule has 0 unspecified atom stereocenters. The second-order valence-electron chi connectivity index (χ2n) is 3.00. The molecule has 0 aromatic heterocycles. The molecule has 0 saturated carbocycles. The summed E-state index contributed by atoms with van der Waals surface area (Å²) in [7, 11) is -1.52. The molecule has 0 aromatic rings. The predicted molar refractivity (Wildman–Crippen MR) is 54.8 cm³/mol. The van der Waals surface area contributed by atoms with Crippen molar-refractivity contribution >= 4 is 9.45 Å². The summed E-state index contributed by atoms with van der Waals surface area (Å²) in [6.07, 6.45) is 0. The second kappa shape index (κ2) is 6.50. The zero-order valence-corrected chi connectivity index (χ0v) is 9.74. The van der Waals surface area contributed by atoms with E-state index in [-0.39, 0.29) is 0 Å². The molecular weight excluding hydrogens is 184 g/mol. The van der Waals surface area contributed by atoms with Crippen LogP contribution in [-0.2, 0) is 8.85 Å². The van der Waals surface area contributed by atoms with Gasteiger partial charge in [0.05, 0.1) is 0 Å². The fourth-order valence-corrected chi connectivity index (χ4v) is 3.21. The van der Waals surface area contributed by atoms with Crippen molar-refractivity contribution < 1.29 is 8.85 Å². The van der Waals surface area contributed by atoms with Crippen molar-refractivity contribution in [1.29, 1.82) is 0 Å². The highest BCUT2D eigenvalue weighted by Crippen LogP contribution is 2.00. The summed E-state index contributed by atoms with van der Waals surface area (Å²) in [6, 6.07) is 0. The van der Waals surface area contributed by atoms with Crippen LogP contribution in [0.25, 0.3) is 0 Å². The van der Waals surface area contributed by atoms with Gasteiger partial charge in [-0.25, -0.2) is 0 Å². The molecule has 0 aliphatic carbocycles. The summed E-state index contributed by atoms with van der Waals surface area (Å²) in [6.45, 7) is 9.84. The van der Waals surface area contributed by atoms with E-state index in [0.717, 1.165) is 39.4 Å². The minimum absolute atomic E-state index is 0.765. The summed E-state index contributed by atoms with van der Waals surface area (Å²) in [5.41, 5.74) is 0. The summed E-state index contributed by atoms with van der Waals surface area (Å²) < 4.78 is 13.6. The molecule has 5 heteroatoms. The maximum absolute atomic E-state index is 5.64. The maximum Gasteiger partial charge on any atom is 0.411 e. The molecule has 0 atom stereocenters. The van der Waals surface area contributed by atoms with Gasteiger partial charge in [-0.15, -0.1) is 0 Å². The monoisotopic (exact) mass is 204 g/mol. The van der Waals surface area contributed by atoms with Crippen molar-refractivity contribution in [2.45, 2.75) is 13.8 Å². The molecule has 4 nitrogen and oxygen atoms in total. The van der Waals surface area contributed by atoms with Crippen LogP contribution in [0.15, 0.2) is 0 Å². The normalized spacial score (nSPS) is 19.6. The van der Waals surface area contributed by atoms with Crippen molar-refractivity contribution in [3.8, 4) is 0 Å². The Morgan fingerprint density at radius 2 is 1.69 bits per heavy atom. The molecule has 0 radical (unpaired) electrons. The molecular formula is C8H20N2O2Si. The van der Waals surface area contributed by atoms with Crippen molar-refractivity contribution in [3.05, 3.63) is 0 Å². The highest BCUT2D eigenvalue weighted by atomic mass is 28.3. The summed E-state index contributed by atoms with van der Waals surface area (Å²) >= 11 is 0. The lowest BCUT2D eigenvalue weighted by molar-refractivity contribution is 0.147. The zero-order valence-electron chi connectivity index (χ0n) is 8.58. The van der Waals surface area contributed by atoms with Crippen LogP contribution in [0, 0.1) is 0 Å². The van der Waals surface area contributed by atoms with E-state index in [9.17, 15) is 0 Å². The molecule has 1 aliphatic heterocycles. The quantitative estimate of drug-likeness (QED) is 0.623. The van der Waals surface area contributed by atoms with Gasteiger partial charge in [-0.1, -0.05) is 0 Å². The predicted octanol–water partition coefficient (Wildman–Crippen LogP) is -0.318. The fraction of sp³-hybridized carbons (Fsp3) is 1.00. The molecule has 78 valence electrons. The summed E-state index contributed by atoms with van der Waals surface area (Å²) in [5.74, 6) is 0. The van der Waals surface area contributed by atoms with Crippen LogP contribution in [-0.4, -0.2) is 53.4 Å². The van der Waals surface area contributed by atoms with Gasteiger partial charge in [-0.05, 0) is 13.8 Å². The lowest BCUT2D eigenvalue weighted by atomic mass is 10.4. The van der Waals surface area contributed by atoms with Gasteiger partial charge in [0.1, 0.15) is 0 Å². The summed E-state index contributed by atoms with van der Waals surface area (Å²) in [5, 5.41) is 3.32. The van der Waals surface area contributed by atoms with E-state index >= 15 is 0 Å². The highest BCUT2D eigenvalue weighted by molar-refractivity contribution is 6.41. The van der Waals surface area contributed by atoms with Crippen LogP contribution in [0.2, 0.25) is 0 Å². The minimum atomic E-state index is -1.52. The van der Waals surface area contributed by atoms with Gasteiger partial charge in [-0.2, -0.15) is 0 Å². The number of nitrogens with one attached hydrogen (secondary N) is 1. The van der Waals surface area contributed by atoms with Crippen molar-refractivity contribution in [2.75, 3.05) is 39.4 Å². The van der Waals surface area contributed by atoms with E-state index in [4.69, 9.17) is 8.85 Å². The third kappa shape index (κ3) is 3.74. The molecule has 1 N–H and O–H groups in total. The molecule has 1 fully saturated rings. The van der Waals surface area contributed by atoms with Gasteiger partial charge >= 0.3 is 9.45 Å². The van der Waals surface area contributed by atoms with Crippen molar-refractivity contribution in [2.24, 2.45) is 0 Å². The second-order valence-corrected chi connectivity index (χ2v) is 5.01. The molecule has 1 heterocycles. The van der Waals surface area contributed by atoms with Crippen LogP contribution >= 0.6 is 0 Å². The maximum atomic E-state index is 5.64. The van der Waals surface area contributed by atoms with Crippen LogP contribution in [0.5, 0.6) is 0 Å². The largest absolute Gasteiger partial charge is 0.411 e. The van der Waals surface area contributed by atoms with Gasteiger partial charge < -0.3 is 14.2 Å². The molecule has 1 saturated heterocycles. The van der Waals surface area contributed by atoms with E-state index in [2.05, 4.69) is 9.88 Å². The van der Waals surface area contributed by atoms with Crippen molar-refractivity contribution in [3.63, 3.8) is 0 Å². The molecule has 0 aromatic carbocycles. The number of rotatable bonds is 5. The summed E-state index contributed by atoms with van der Waals surface area (Å²) in [4.78, 5) is 0. The first-order chi connectivity index (χ1) is 6.38. The molecule has 13 heavy (non-hydrogen) atoms. The lowest BCUT2D eigenvalue weighted by Gasteiger charge is -2.32. The van der Waals surface area contributed by atoms with Crippen LogP contribution in [0.4, 0.5) is 0 Å². The van der Waals surface area contributed by atoms with E-state index in [1.165, 1.54) is 0 Å². The standard InChI is InChI=1S/C8H20N2O2Si/c1-3-11-13(12-4-2)10-7-5-9-6-8-10/h9,13H,3-8H2,1-2H3. The van der Waals surface area contributed by atoms with Gasteiger partial charge in [0.25, 0.3) is 0 Å². The Balaban J connectivity index is 2.32. The highest BCUT2D eigenvalue weighted by Gasteiger charge is 2.23. The van der Waals surface area contributed by atoms with E-state index in [0.29, 0.717) is 0 Å². The van der Waals surface area contributed by atoms with Gasteiger partial charge in [0.2, 0.25) is 0 Å². The first-order valence-electron chi connectivity index (χ1n) is 5.06. The average Bonchev–Trinajstić information content (AvgIpc) is 2.19. The SMILES string of the molecule is CCO[SiH](OCC)N1CCNCC1. The topological polar surface area (TPSA) is 33.7 Å². The Morgan fingerprint density at radius 1 is 1.15 bits per heavy atom. The third-order valence-electron chi connectivity index (χ3n) is 2.07. The number of hydrogen-bond donors (Lipinski definition) is 1. The molecule has 0 amide bonds. The van der Waals surface area contributed by atoms with Gasteiger partial charge in [-0.3, -0.25) is 4.57 Å². The van der Waals surface area contributed by atoms with Crippen LogP contribution < -0.4 is 5.32 Å². The third-order valence-corrected chi connectivity index (χ3v) is 4.42.